The van der Waals surface area contributed by atoms with Gasteiger partial charge in [0.15, 0.2) is 11.5 Å². The van der Waals surface area contributed by atoms with E-state index in [1.54, 1.807) is 6.07 Å². The van der Waals surface area contributed by atoms with E-state index in [2.05, 4.69) is 26.1 Å². The maximum absolute atomic E-state index is 13.4. The van der Waals surface area contributed by atoms with E-state index in [1.807, 2.05) is 37.3 Å². The molecule has 190 valence electrons. The summed E-state index contributed by atoms with van der Waals surface area (Å²) >= 11 is 3.51. The number of nitrogens with zero attached hydrogens (tertiary/aromatic N) is 1. The standard InChI is InChI=1S/C29H33BrN2O4/c1-16(18-3-2-4-20(30)13-18)27(34)31-21-9-10-29(35)23-14-19-7-8-22(33)25-24(19)28(29,26(21)36-25)11-12-32(23)15-17-5-6-17/h2-4,7-8,13,16-17,21,23,26,33,35H,5-6,9-12,14-15H2,1H3,(H,31,34)/t16?,21?,23-,26?,28+,29-/m1/s1. The number of ether oxygens (including phenoxy) is 1. The van der Waals surface area contributed by atoms with Crippen molar-refractivity contribution in [2.75, 3.05) is 13.1 Å². The van der Waals surface area contributed by atoms with Crippen molar-refractivity contribution in [1.82, 2.24) is 10.2 Å². The van der Waals surface area contributed by atoms with Crippen LogP contribution in [0.3, 0.4) is 0 Å². The van der Waals surface area contributed by atoms with E-state index in [1.165, 1.54) is 18.4 Å². The van der Waals surface area contributed by atoms with Crippen LogP contribution < -0.4 is 10.1 Å². The predicted molar refractivity (Wildman–Crippen MR) is 139 cm³/mol. The highest BCUT2D eigenvalue weighted by molar-refractivity contribution is 9.10. The lowest BCUT2D eigenvalue weighted by Gasteiger charge is -2.64. The number of carbonyl (C=O) groups excluding carboxylic acids is 1. The Bertz CT molecular complexity index is 1250. The molecular formula is C29H33BrN2O4. The highest BCUT2D eigenvalue weighted by Gasteiger charge is 2.73. The van der Waals surface area contributed by atoms with Gasteiger partial charge in [-0.3, -0.25) is 9.69 Å². The van der Waals surface area contributed by atoms with Crippen molar-refractivity contribution in [3.63, 3.8) is 0 Å². The van der Waals surface area contributed by atoms with Gasteiger partial charge in [0.25, 0.3) is 0 Å². The summed E-state index contributed by atoms with van der Waals surface area (Å²) in [5.74, 6) is 1.05. The summed E-state index contributed by atoms with van der Waals surface area (Å²) in [6, 6.07) is 11.4. The summed E-state index contributed by atoms with van der Waals surface area (Å²) in [5.41, 5.74) is 1.57. The number of amides is 1. The van der Waals surface area contributed by atoms with Crippen LogP contribution in [0, 0.1) is 5.92 Å². The van der Waals surface area contributed by atoms with Gasteiger partial charge in [0.1, 0.15) is 6.10 Å². The molecule has 6 nitrogen and oxygen atoms in total. The number of hydrogen-bond acceptors (Lipinski definition) is 5. The molecule has 3 fully saturated rings. The molecule has 0 aromatic heterocycles. The number of rotatable bonds is 5. The fraction of sp³-hybridized carbons (Fsp3) is 0.552. The molecule has 2 heterocycles. The number of halogens is 1. The average Bonchev–Trinajstić information content (AvgIpc) is 3.60. The molecule has 5 aliphatic rings. The molecule has 2 bridgehead atoms. The zero-order valence-corrected chi connectivity index (χ0v) is 22.1. The zero-order chi connectivity index (χ0) is 24.8. The van der Waals surface area contributed by atoms with Crippen molar-refractivity contribution in [2.45, 2.75) is 80.6 Å². The van der Waals surface area contributed by atoms with Gasteiger partial charge in [0.05, 0.1) is 23.0 Å². The SMILES string of the molecule is CC(C(=O)NC1CC[C@@]2(O)[C@H]3Cc4ccc(O)c5c4[C@@]2(CCN3CC2CC2)C1O5)c1cccc(Br)c1. The summed E-state index contributed by atoms with van der Waals surface area (Å²) in [6.07, 6.45) is 4.99. The Morgan fingerprint density at radius 2 is 2.08 bits per heavy atom. The van der Waals surface area contributed by atoms with E-state index in [0.29, 0.717) is 18.6 Å². The van der Waals surface area contributed by atoms with E-state index in [4.69, 9.17) is 4.74 Å². The van der Waals surface area contributed by atoms with Crippen molar-refractivity contribution < 1.29 is 19.7 Å². The van der Waals surface area contributed by atoms with Gasteiger partial charge in [-0.1, -0.05) is 34.1 Å². The van der Waals surface area contributed by atoms with Gasteiger partial charge in [-0.2, -0.15) is 0 Å². The molecular weight excluding hydrogens is 520 g/mol. The third-order valence-electron chi connectivity index (χ3n) is 9.83. The molecule has 1 spiro atoms. The summed E-state index contributed by atoms with van der Waals surface area (Å²) in [5, 5.41) is 26.7. The van der Waals surface area contributed by atoms with Gasteiger partial charge in [0.2, 0.25) is 5.91 Å². The van der Waals surface area contributed by atoms with E-state index < -0.39 is 17.1 Å². The molecule has 1 amide bonds. The lowest BCUT2D eigenvalue weighted by atomic mass is 9.48. The highest BCUT2D eigenvalue weighted by atomic mass is 79.9. The lowest BCUT2D eigenvalue weighted by molar-refractivity contribution is -0.192. The lowest BCUT2D eigenvalue weighted by Crippen LogP contribution is -2.78. The smallest absolute Gasteiger partial charge is 0.227 e. The first-order valence-electron chi connectivity index (χ1n) is 13.4. The minimum atomic E-state index is -0.937. The highest BCUT2D eigenvalue weighted by Crippen LogP contribution is 2.65. The van der Waals surface area contributed by atoms with Gasteiger partial charge >= 0.3 is 0 Å². The number of carbonyl (C=O) groups is 1. The molecule has 3 N–H and O–H groups in total. The Kier molecular flexibility index (Phi) is 5.09. The Balaban J connectivity index is 1.25. The van der Waals surface area contributed by atoms with Crippen molar-refractivity contribution in [2.24, 2.45) is 5.92 Å². The number of phenolic OH excluding ortho intramolecular Hbond substituents is 1. The predicted octanol–water partition coefficient (Wildman–Crippen LogP) is 4.01. The summed E-state index contributed by atoms with van der Waals surface area (Å²) in [6.45, 7) is 3.89. The monoisotopic (exact) mass is 552 g/mol. The molecule has 2 saturated carbocycles. The number of piperidine rings is 1. The van der Waals surface area contributed by atoms with Gasteiger partial charge in [-0.25, -0.2) is 0 Å². The molecule has 1 saturated heterocycles. The van der Waals surface area contributed by atoms with Crippen LogP contribution in [0.25, 0.3) is 0 Å². The topological polar surface area (TPSA) is 82.0 Å². The molecule has 2 aromatic carbocycles. The minimum Gasteiger partial charge on any atom is -0.504 e. The number of hydrogen-bond donors (Lipinski definition) is 3. The molecule has 3 unspecified atom stereocenters. The van der Waals surface area contributed by atoms with E-state index in [9.17, 15) is 15.0 Å². The second-order valence-electron chi connectivity index (χ2n) is 11.7. The maximum atomic E-state index is 13.4. The van der Waals surface area contributed by atoms with Crippen molar-refractivity contribution >= 4 is 21.8 Å². The number of aromatic hydroxyl groups is 1. The number of benzene rings is 2. The number of phenols is 1. The Labute approximate surface area is 220 Å². The van der Waals surface area contributed by atoms with Gasteiger partial charge in [0, 0.05) is 22.6 Å². The molecule has 2 aromatic rings. The summed E-state index contributed by atoms with van der Waals surface area (Å²) in [4.78, 5) is 16.0. The average molecular weight is 553 g/mol. The van der Waals surface area contributed by atoms with Crippen molar-refractivity contribution in [1.29, 1.82) is 0 Å². The third kappa shape index (κ3) is 3.12. The zero-order valence-electron chi connectivity index (χ0n) is 20.5. The van der Waals surface area contributed by atoms with Crippen LogP contribution in [0.1, 0.15) is 61.6 Å². The second-order valence-corrected chi connectivity index (χ2v) is 12.6. The number of aliphatic hydroxyl groups is 1. The Morgan fingerprint density at radius 3 is 2.86 bits per heavy atom. The summed E-state index contributed by atoms with van der Waals surface area (Å²) < 4.78 is 7.52. The minimum absolute atomic E-state index is 0.0394. The summed E-state index contributed by atoms with van der Waals surface area (Å²) in [7, 11) is 0. The first-order valence-corrected chi connectivity index (χ1v) is 14.2. The van der Waals surface area contributed by atoms with Crippen molar-refractivity contribution in [3.8, 4) is 11.5 Å². The Hall–Kier alpha value is -2.09. The normalized spacial score (nSPS) is 35.0. The fourth-order valence-electron chi connectivity index (χ4n) is 7.86. The van der Waals surface area contributed by atoms with Crippen LogP contribution in [-0.4, -0.2) is 57.9 Å². The second kappa shape index (κ2) is 7.95. The van der Waals surface area contributed by atoms with Gasteiger partial charge in [-0.15, -0.1) is 0 Å². The quantitative estimate of drug-likeness (QED) is 0.522. The first kappa shape index (κ1) is 23.1. The fourth-order valence-corrected chi connectivity index (χ4v) is 8.28. The number of likely N-dealkylation sites (tertiary alicyclic amines) is 1. The van der Waals surface area contributed by atoms with Crippen LogP contribution in [0.5, 0.6) is 11.5 Å². The van der Waals surface area contributed by atoms with Gasteiger partial charge in [-0.05, 0) is 87.2 Å². The molecule has 36 heavy (non-hydrogen) atoms. The molecule has 7 heteroatoms. The van der Waals surface area contributed by atoms with Crippen LogP contribution in [0.15, 0.2) is 40.9 Å². The van der Waals surface area contributed by atoms with Crippen LogP contribution >= 0.6 is 15.9 Å². The van der Waals surface area contributed by atoms with Gasteiger partial charge < -0.3 is 20.3 Å². The Morgan fingerprint density at radius 1 is 1.25 bits per heavy atom. The molecule has 6 atom stereocenters. The van der Waals surface area contributed by atoms with E-state index in [0.717, 1.165) is 47.4 Å². The largest absolute Gasteiger partial charge is 0.504 e. The van der Waals surface area contributed by atoms with E-state index in [-0.39, 0.29) is 29.7 Å². The van der Waals surface area contributed by atoms with Crippen LogP contribution in [0.4, 0.5) is 0 Å². The van der Waals surface area contributed by atoms with Crippen LogP contribution in [-0.2, 0) is 16.6 Å². The van der Waals surface area contributed by atoms with E-state index >= 15 is 0 Å². The molecule has 0 radical (unpaired) electrons. The molecule has 3 aliphatic carbocycles. The molecule has 2 aliphatic heterocycles. The number of nitrogens with one attached hydrogen (secondary N) is 1. The maximum Gasteiger partial charge on any atom is 0.227 e. The third-order valence-corrected chi connectivity index (χ3v) is 10.3. The first-order chi connectivity index (χ1) is 17.3. The molecule has 7 rings (SSSR count). The van der Waals surface area contributed by atoms with Crippen LogP contribution in [0.2, 0.25) is 0 Å². The van der Waals surface area contributed by atoms with Crippen molar-refractivity contribution in [3.05, 3.63) is 57.6 Å².